The fourth-order valence-corrected chi connectivity index (χ4v) is 4.29. The fraction of sp³-hybridized carbons (Fsp3) is 0.296. The van der Waals surface area contributed by atoms with Crippen LogP contribution in [-0.4, -0.2) is 43.0 Å². The zero-order chi connectivity index (χ0) is 21.8. The molecule has 1 atom stereocenters. The van der Waals surface area contributed by atoms with Crippen molar-refractivity contribution in [2.75, 3.05) is 36.4 Å². The second-order valence-corrected chi connectivity index (χ2v) is 8.32. The van der Waals surface area contributed by atoms with Crippen LogP contribution in [0.25, 0.3) is 11.1 Å². The smallest absolute Gasteiger partial charge is 0.241 e. The maximum Gasteiger partial charge on any atom is 0.241 e. The van der Waals surface area contributed by atoms with Crippen LogP contribution in [0.2, 0.25) is 0 Å². The highest BCUT2D eigenvalue weighted by Gasteiger charge is 2.26. The summed E-state index contributed by atoms with van der Waals surface area (Å²) in [6.45, 7) is 9.98. The molecule has 4 heteroatoms. The van der Waals surface area contributed by atoms with Crippen LogP contribution in [0.1, 0.15) is 18.1 Å². The van der Waals surface area contributed by atoms with Crippen LogP contribution < -0.4 is 10.2 Å². The summed E-state index contributed by atoms with van der Waals surface area (Å²) in [7, 11) is 0. The minimum atomic E-state index is -0.176. The van der Waals surface area contributed by atoms with Gasteiger partial charge in [0.05, 0.1) is 6.04 Å². The lowest BCUT2D eigenvalue weighted by atomic mass is 10.0. The maximum atomic E-state index is 13.1. The van der Waals surface area contributed by atoms with E-state index < -0.39 is 0 Å². The van der Waals surface area contributed by atoms with Gasteiger partial charge in [0.15, 0.2) is 0 Å². The van der Waals surface area contributed by atoms with Gasteiger partial charge in [-0.15, -0.1) is 0 Å². The Morgan fingerprint density at radius 2 is 1.52 bits per heavy atom. The first kappa shape index (κ1) is 21.1. The summed E-state index contributed by atoms with van der Waals surface area (Å²) in [5, 5.41) is 3.17. The molecule has 0 saturated carbocycles. The topological polar surface area (TPSA) is 35.6 Å². The Kier molecular flexibility index (Phi) is 6.38. The molecule has 1 aliphatic heterocycles. The number of carbonyl (C=O) groups excluding carboxylic acids is 1. The second kappa shape index (κ2) is 9.36. The van der Waals surface area contributed by atoms with Gasteiger partial charge in [0, 0.05) is 43.1 Å². The average molecular weight is 414 g/mol. The third-order valence-electron chi connectivity index (χ3n) is 6.43. The van der Waals surface area contributed by atoms with Gasteiger partial charge in [-0.25, -0.2) is 0 Å². The Morgan fingerprint density at radius 3 is 2.26 bits per heavy atom. The highest BCUT2D eigenvalue weighted by atomic mass is 16.2. The van der Waals surface area contributed by atoms with Crippen LogP contribution in [0.5, 0.6) is 0 Å². The second-order valence-electron chi connectivity index (χ2n) is 8.32. The number of aryl methyl sites for hydroxylation is 1. The van der Waals surface area contributed by atoms with Crippen LogP contribution in [-0.2, 0) is 4.79 Å². The van der Waals surface area contributed by atoms with Crippen LogP contribution >= 0.6 is 0 Å². The van der Waals surface area contributed by atoms with E-state index >= 15 is 0 Å². The lowest BCUT2D eigenvalue weighted by molar-refractivity contribution is -0.120. The van der Waals surface area contributed by atoms with Crippen molar-refractivity contribution in [3.8, 4) is 11.1 Å². The maximum absolute atomic E-state index is 13.1. The van der Waals surface area contributed by atoms with Crippen molar-refractivity contribution in [3.05, 3.63) is 83.9 Å². The van der Waals surface area contributed by atoms with Crippen molar-refractivity contribution >= 4 is 17.3 Å². The minimum absolute atomic E-state index is 0.0450. The molecule has 0 radical (unpaired) electrons. The summed E-state index contributed by atoms with van der Waals surface area (Å²) in [6, 6.07) is 24.5. The van der Waals surface area contributed by atoms with E-state index in [0.717, 1.165) is 43.0 Å². The molecule has 1 N–H and O–H groups in total. The molecule has 1 saturated heterocycles. The Balaban J connectivity index is 1.41. The highest BCUT2D eigenvalue weighted by Crippen LogP contribution is 2.28. The van der Waals surface area contributed by atoms with Gasteiger partial charge < -0.3 is 10.2 Å². The first-order chi connectivity index (χ1) is 15.0. The SMILES string of the molecule is Cc1cccc(N2CCN([C@@H](C)C(=O)Nc3ccccc3-c3ccccc3)CC2)c1C. The molecule has 1 aliphatic rings. The molecule has 0 spiro atoms. The fourth-order valence-electron chi connectivity index (χ4n) is 4.29. The summed E-state index contributed by atoms with van der Waals surface area (Å²) in [5.41, 5.74) is 6.99. The third-order valence-corrected chi connectivity index (χ3v) is 6.43. The lowest BCUT2D eigenvalue weighted by Gasteiger charge is -2.39. The van der Waals surface area contributed by atoms with Gasteiger partial charge in [-0.2, -0.15) is 0 Å². The molecular weight excluding hydrogens is 382 g/mol. The third kappa shape index (κ3) is 4.64. The van der Waals surface area contributed by atoms with Crippen molar-refractivity contribution in [3.63, 3.8) is 0 Å². The Labute approximate surface area is 185 Å². The molecule has 1 fully saturated rings. The van der Waals surface area contributed by atoms with Gasteiger partial charge in [0.1, 0.15) is 0 Å². The number of nitrogens with one attached hydrogen (secondary N) is 1. The molecule has 1 amide bonds. The van der Waals surface area contributed by atoms with E-state index in [1.54, 1.807) is 0 Å². The molecule has 160 valence electrons. The largest absolute Gasteiger partial charge is 0.369 e. The molecule has 0 unspecified atom stereocenters. The highest BCUT2D eigenvalue weighted by molar-refractivity contribution is 5.98. The van der Waals surface area contributed by atoms with E-state index in [9.17, 15) is 4.79 Å². The van der Waals surface area contributed by atoms with Gasteiger partial charge in [0.2, 0.25) is 5.91 Å². The van der Waals surface area contributed by atoms with Crippen LogP contribution in [0.15, 0.2) is 72.8 Å². The Bertz CT molecular complexity index is 1040. The molecular formula is C27H31N3O. The number of rotatable bonds is 5. The first-order valence-corrected chi connectivity index (χ1v) is 11.0. The predicted molar refractivity (Wildman–Crippen MR) is 130 cm³/mol. The number of carbonyl (C=O) groups is 1. The quantitative estimate of drug-likeness (QED) is 0.631. The molecule has 4 rings (SSSR count). The normalized spacial score (nSPS) is 15.5. The standard InChI is InChI=1S/C27H31N3O/c1-20-10-9-15-26(21(20)2)30-18-16-29(17-19-30)22(3)27(31)28-25-14-8-7-13-24(25)23-11-5-4-6-12-23/h4-15,22H,16-19H2,1-3H3,(H,28,31)/t22-/m0/s1. The number of hydrogen-bond acceptors (Lipinski definition) is 3. The Morgan fingerprint density at radius 1 is 0.839 bits per heavy atom. The van der Waals surface area contributed by atoms with Gasteiger partial charge >= 0.3 is 0 Å². The molecule has 1 heterocycles. The van der Waals surface area contributed by atoms with Gasteiger partial charge in [-0.05, 0) is 49.6 Å². The minimum Gasteiger partial charge on any atom is -0.369 e. The number of hydrogen-bond donors (Lipinski definition) is 1. The number of piperazine rings is 1. The molecule has 3 aromatic carbocycles. The van der Waals surface area contributed by atoms with E-state index in [4.69, 9.17) is 0 Å². The van der Waals surface area contributed by atoms with Crippen molar-refractivity contribution in [1.82, 2.24) is 4.90 Å². The number of nitrogens with zero attached hydrogens (tertiary/aromatic N) is 2. The van der Waals surface area contributed by atoms with E-state index in [0.29, 0.717) is 0 Å². The number of amides is 1. The monoisotopic (exact) mass is 413 g/mol. The van der Waals surface area contributed by atoms with Crippen molar-refractivity contribution in [1.29, 1.82) is 0 Å². The zero-order valence-corrected chi connectivity index (χ0v) is 18.6. The van der Waals surface area contributed by atoms with Crippen LogP contribution in [0, 0.1) is 13.8 Å². The van der Waals surface area contributed by atoms with Gasteiger partial charge in [-0.1, -0.05) is 60.7 Å². The number of anilines is 2. The van der Waals surface area contributed by atoms with Gasteiger partial charge in [-0.3, -0.25) is 9.69 Å². The summed E-state index contributed by atoms with van der Waals surface area (Å²) in [5.74, 6) is 0.0450. The summed E-state index contributed by atoms with van der Waals surface area (Å²) < 4.78 is 0. The molecule has 0 aliphatic carbocycles. The zero-order valence-electron chi connectivity index (χ0n) is 18.6. The summed E-state index contributed by atoms with van der Waals surface area (Å²) in [4.78, 5) is 17.8. The van der Waals surface area contributed by atoms with Crippen molar-refractivity contribution < 1.29 is 4.79 Å². The Hall–Kier alpha value is -3.11. The molecule has 4 nitrogen and oxygen atoms in total. The predicted octanol–water partition coefficient (Wildman–Crippen LogP) is 5.12. The van der Waals surface area contributed by atoms with E-state index in [1.807, 2.05) is 43.3 Å². The number of para-hydroxylation sites is 1. The summed E-state index contributed by atoms with van der Waals surface area (Å²) in [6.07, 6.45) is 0. The average Bonchev–Trinajstić information content (AvgIpc) is 2.81. The van der Waals surface area contributed by atoms with Crippen molar-refractivity contribution in [2.24, 2.45) is 0 Å². The van der Waals surface area contributed by atoms with Crippen molar-refractivity contribution in [2.45, 2.75) is 26.8 Å². The molecule has 31 heavy (non-hydrogen) atoms. The molecule has 0 bridgehead atoms. The molecule has 0 aromatic heterocycles. The number of benzene rings is 3. The first-order valence-electron chi connectivity index (χ1n) is 11.0. The van der Waals surface area contributed by atoms with E-state index in [1.165, 1.54) is 16.8 Å². The summed E-state index contributed by atoms with van der Waals surface area (Å²) >= 11 is 0. The van der Waals surface area contributed by atoms with Crippen LogP contribution in [0.3, 0.4) is 0 Å². The van der Waals surface area contributed by atoms with Crippen LogP contribution in [0.4, 0.5) is 11.4 Å². The lowest BCUT2D eigenvalue weighted by Crippen LogP contribution is -2.53. The van der Waals surface area contributed by atoms with Gasteiger partial charge in [0.25, 0.3) is 0 Å². The van der Waals surface area contributed by atoms with E-state index in [-0.39, 0.29) is 11.9 Å². The molecule has 3 aromatic rings. The van der Waals surface area contributed by atoms with E-state index in [2.05, 4.69) is 65.4 Å².